The first kappa shape index (κ1) is 13.9. The van der Waals surface area contributed by atoms with Gasteiger partial charge in [-0.05, 0) is 18.6 Å². The molecule has 2 saturated heterocycles. The Morgan fingerprint density at radius 2 is 1.90 bits per heavy atom. The van der Waals surface area contributed by atoms with E-state index in [0.29, 0.717) is 5.92 Å². The number of hydrogen-bond acceptors (Lipinski definition) is 4. The van der Waals surface area contributed by atoms with Crippen molar-refractivity contribution in [1.29, 1.82) is 0 Å². The first-order chi connectivity index (χ1) is 9.83. The average molecular weight is 275 g/mol. The molecule has 0 bridgehead atoms. The molecule has 4 nitrogen and oxygen atoms in total. The fraction of sp³-hybridized carbons (Fsp3) is 0.625. The maximum absolute atomic E-state index is 6.32. The minimum Gasteiger partial charge on any atom is -0.381 e. The molecule has 0 aliphatic carbocycles. The first-order valence-electron chi connectivity index (χ1n) is 7.68. The number of ether oxygens (including phenoxy) is 1. The smallest absolute Gasteiger partial charge is 0.0510 e. The van der Waals surface area contributed by atoms with E-state index in [1.807, 2.05) is 0 Å². The van der Waals surface area contributed by atoms with Crippen LogP contribution in [0, 0.1) is 5.92 Å². The highest BCUT2D eigenvalue weighted by Gasteiger charge is 2.26. The maximum atomic E-state index is 6.32. The van der Waals surface area contributed by atoms with Crippen LogP contribution >= 0.6 is 0 Å². The van der Waals surface area contributed by atoms with Gasteiger partial charge in [-0.3, -0.25) is 4.90 Å². The van der Waals surface area contributed by atoms with E-state index < -0.39 is 0 Å². The highest BCUT2D eigenvalue weighted by Crippen LogP contribution is 2.18. The third-order valence-corrected chi connectivity index (χ3v) is 4.53. The van der Waals surface area contributed by atoms with E-state index >= 15 is 0 Å². The van der Waals surface area contributed by atoms with Gasteiger partial charge in [0, 0.05) is 57.0 Å². The molecule has 0 aromatic heterocycles. The molecule has 0 saturated carbocycles. The summed E-state index contributed by atoms with van der Waals surface area (Å²) in [5.41, 5.74) is 7.65. The molecule has 2 aliphatic heterocycles. The number of para-hydroxylation sites is 1. The Morgan fingerprint density at radius 1 is 1.15 bits per heavy atom. The summed E-state index contributed by atoms with van der Waals surface area (Å²) in [6.07, 6.45) is 1.13. The molecule has 2 aliphatic rings. The number of benzene rings is 1. The quantitative estimate of drug-likeness (QED) is 0.896. The largest absolute Gasteiger partial charge is 0.381 e. The van der Waals surface area contributed by atoms with Crippen molar-refractivity contribution in [3.63, 3.8) is 0 Å². The van der Waals surface area contributed by atoms with Gasteiger partial charge in [0.2, 0.25) is 0 Å². The van der Waals surface area contributed by atoms with Crippen molar-refractivity contribution in [1.82, 2.24) is 4.90 Å². The van der Waals surface area contributed by atoms with Gasteiger partial charge in [0.15, 0.2) is 0 Å². The molecule has 110 valence electrons. The average Bonchev–Trinajstić information content (AvgIpc) is 3.03. The Morgan fingerprint density at radius 3 is 2.55 bits per heavy atom. The Balaban J connectivity index is 1.46. The van der Waals surface area contributed by atoms with Crippen LogP contribution in [-0.4, -0.2) is 56.9 Å². The predicted molar refractivity (Wildman–Crippen MR) is 82.0 cm³/mol. The molecule has 4 heteroatoms. The van der Waals surface area contributed by atoms with Crippen LogP contribution in [0.25, 0.3) is 0 Å². The van der Waals surface area contributed by atoms with Crippen molar-refractivity contribution < 1.29 is 4.74 Å². The molecule has 3 rings (SSSR count). The van der Waals surface area contributed by atoms with Gasteiger partial charge in [0.05, 0.1) is 6.61 Å². The lowest BCUT2D eigenvalue weighted by Gasteiger charge is -2.37. The number of rotatable bonds is 4. The minimum absolute atomic E-state index is 0.265. The monoisotopic (exact) mass is 275 g/mol. The van der Waals surface area contributed by atoms with Crippen LogP contribution in [0.2, 0.25) is 0 Å². The van der Waals surface area contributed by atoms with Crippen molar-refractivity contribution in [3.8, 4) is 0 Å². The van der Waals surface area contributed by atoms with Gasteiger partial charge >= 0.3 is 0 Å². The lowest BCUT2D eigenvalue weighted by atomic mass is 9.99. The van der Waals surface area contributed by atoms with Crippen molar-refractivity contribution >= 4 is 5.69 Å². The summed E-state index contributed by atoms with van der Waals surface area (Å²) in [6.45, 7) is 7.16. The van der Waals surface area contributed by atoms with Crippen LogP contribution in [0.4, 0.5) is 5.69 Å². The molecule has 2 heterocycles. The zero-order valence-corrected chi connectivity index (χ0v) is 12.1. The van der Waals surface area contributed by atoms with Crippen molar-refractivity contribution in [3.05, 3.63) is 30.3 Å². The fourth-order valence-corrected chi connectivity index (χ4v) is 3.17. The van der Waals surface area contributed by atoms with E-state index in [9.17, 15) is 0 Å². The first-order valence-corrected chi connectivity index (χ1v) is 7.68. The Kier molecular flexibility index (Phi) is 4.55. The van der Waals surface area contributed by atoms with Gasteiger partial charge < -0.3 is 15.4 Å². The minimum atomic E-state index is 0.265. The van der Waals surface area contributed by atoms with Crippen LogP contribution in [-0.2, 0) is 4.74 Å². The Hall–Kier alpha value is -1.10. The topological polar surface area (TPSA) is 41.7 Å². The number of piperazine rings is 1. The van der Waals surface area contributed by atoms with E-state index in [0.717, 1.165) is 52.4 Å². The van der Waals surface area contributed by atoms with Crippen LogP contribution in [0.1, 0.15) is 6.42 Å². The zero-order chi connectivity index (χ0) is 13.8. The van der Waals surface area contributed by atoms with Gasteiger partial charge in [-0.2, -0.15) is 0 Å². The molecule has 1 aromatic carbocycles. The summed E-state index contributed by atoms with van der Waals surface area (Å²) in [4.78, 5) is 4.96. The lowest BCUT2D eigenvalue weighted by Crippen LogP contribution is -2.51. The second-order valence-corrected chi connectivity index (χ2v) is 5.91. The molecule has 2 N–H and O–H groups in total. The standard InChI is InChI=1S/C16H25N3O/c17-16(14-6-11-20-13-14)12-18-7-9-19(10-8-18)15-4-2-1-3-5-15/h1-5,14,16H,6-13,17H2. The molecule has 1 aromatic rings. The number of nitrogens with two attached hydrogens (primary N) is 1. The molecular formula is C16H25N3O. The number of nitrogens with zero attached hydrogens (tertiary/aromatic N) is 2. The molecule has 2 fully saturated rings. The normalized spacial score (nSPS) is 25.9. The van der Waals surface area contributed by atoms with Crippen molar-refractivity contribution in [2.45, 2.75) is 12.5 Å². The molecule has 20 heavy (non-hydrogen) atoms. The molecule has 2 unspecified atom stereocenters. The summed E-state index contributed by atoms with van der Waals surface area (Å²) in [6, 6.07) is 10.9. The van der Waals surface area contributed by atoms with E-state index in [1.165, 1.54) is 5.69 Å². The molecule has 0 radical (unpaired) electrons. The lowest BCUT2D eigenvalue weighted by molar-refractivity contribution is 0.168. The van der Waals surface area contributed by atoms with Gasteiger partial charge in [-0.25, -0.2) is 0 Å². The summed E-state index contributed by atoms with van der Waals surface area (Å²) < 4.78 is 5.44. The fourth-order valence-electron chi connectivity index (χ4n) is 3.17. The summed E-state index contributed by atoms with van der Waals surface area (Å²) in [5, 5.41) is 0. The summed E-state index contributed by atoms with van der Waals surface area (Å²) >= 11 is 0. The van der Waals surface area contributed by atoms with Crippen LogP contribution in [0.15, 0.2) is 30.3 Å². The molecular weight excluding hydrogens is 250 g/mol. The molecule has 0 amide bonds. The van der Waals surface area contributed by atoms with Gasteiger partial charge in [-0.1, -0.05) is 18.2 Å². The Labute approximate surface area is 121 Å². The number of hydrogen-bond donors (Lipinski definition) is 1. The van der Waals surface area contributed by atoms with Gasteiger partial charge in [-0.15, -0.1) is 0 Å². The predicted octanol–water partition coefficient (Wildman–Crippen LogP) is 1.17. The highest BCUT2D eigenvalue weighted by molar-refractivity contribution is 5.46. The van der Waals surface area contributed by atoms with E-state index in [4.69, 9.17) is 10.5 Å². The van der Waals surface area contributed by atoms with Crippen molar-refractivity contribution in [2.75, 3.05) is 50.8 Å². The SMILES string of the molecule is NC(CN1CCN(c2ccccc2)CC1)C1CCOC1. The Bertz CT molecular complexity index is 397. The van der Waals surface area contributed by atoms with Crippen LogP contribution in [0.5, 0.6) is 0 Å². The highest BCUT2D eigenvalue weighted by atomic mass is 16.5. The van der Waals surface area contributed by atoms with E-state index in [-0.39, 0.29) is 6.04 Å². The van der Waals surface area contributed by atoms with Crippen molar-refractivity contribution in [2.24, 2.45) is 11.7 Å². The van der Waals surface area contributed by atoms with Crippen LogP contribution < -0.4 is 10.6 Å². The third kappa shape index (κ3) is 3.32. The summed E-state index contributed by atoms with van der Waals surface area (Å²) in [5.74, 6) is 0.558. The number of anilines is 1. The third-order valence-electron chi connectivity index (χ3n) is 4.53. The second-order valence-electron chi connectivity index (χ2n) is 5.91. The zero-order valence-electron chi connectivity index (χ0n) is 12.1. The summed E-state index contributed by atoms with van der Waals surface area (Å²) in [7, 11) is 0. The van der Waals surface area contributed by atoms with Crippen LogP contribution in [0.3, 0.4) is 0 Å². The maximum Gasteiger partial charge on any atom is 0.0510 e. The van der Waals surface area contributed by atoms with E-state index in [1.54, 1.807) is 0 Å². The van der Waals surface area contributed by atoms with E-state index in [2.05, 4.69) is 40.1 Å². The van der Waals surface area contributed by atoms with Gasteiger partial charge in [0.1, 0.15) is 0 Å². The van der Waals surface area contributed by atoms with Gasteiger partial charge in [0.25, 0.3) is 0 Å². The molecule has 0 spiro atoms. The second kappa shape index (κ2) is 6.57. The molecule has 2 atom stereocenters.